The number of aromatic nitrogens is 2. The van der Waals surface area contributed by atoms with Crippen LogP contribution in [0.3, 0.4) is 0 Å². The molecule has 3 aromatic carbocycles. The largest absolute Gasteiger partial charge is 0.455 e. The molecule has 2 aromatic heterocycles. The molecule has 1 N–H and O–H groups in total. The number of fused-ring (bicyclic) bond motifs is 2. The average Bonchev–Trinajstić information content (AvgIpc) is 3.43. The maximum atomic E-state index is 14.0. The van der Waals surface area contributed by atoms with Gasteiger partial charge in [0.05, 0.1) is 16.6 Å². The molecule has 1 fully saturated rings. The first-order valence-electron chi connectivity index (χ1n) is 14.5. The minimum Gasteiger partial charge on any atom is -0.455 e. The number of piperidine rings is 1. The molecule has 232 valence electrons. The molecular formula is C33H32FN5O5S. The summed E-state index contributed by atoms with van der Waals surface area (Å²) < 4.78 is 35.5. The molecule has 0 spiro atoms. The normalized spacial score (nSPS) is 15.8. The van der Waals surface area contributed by atoms with Crippen LogP contribution in [0.4, 0.5) is 10.1 Å². The van der Waals surface area contributed by atoms with Crippen molar-refractivity contribution >= 4 is 50.2 Å². The van der Waals surface area contributed by atoms with Gasteiger partial charge in [-0.25, -0.2) is 13.3 Å². The Bertz CT molecular complexity index is 2060. The van der Waals surface area contributed by atoms with Gasteiger partial charge in [0.25, 0.3) is 17.4 Å². The minimum absolute atomic E-state index is 0.173. The zero-order valence-electron chi connectivity index (χ0n) is 25.3. The second-order valence-corrected chi connectivity index (χ2v) is 12.5. The van der Waals surface area contributed by atoms with Gasteiger partial charge in [-0.1, -0.05) is 18.2 Å². The van der Waals surface area contributed by atoms with Crippen molar-refractivity contribution in [1.82, 2.24) is 20.0 Å². The van der Waals surface area contributed by atoms with E-state index in [1.54, 1.807) is 65.0 Å². The van der Waals surface area contributed by atoms with Crippen molar-refractivity contribution in [1.29, 1.82) is 0 Å². The summed E-state index contributed by atoms with van der Waals surface area (Å²) in [7, 11) is 3.39. The Kier molecular flexibility index (Phi) is 8.00. The van der Waals surface area contributed by atoms with Crippen LogP contribution in [0.1, 0.15) is 45.2 Å². The van der Waals surface area contributed by atoms with Crippen LogP contribution >= 0.6 is 0 Å². The summed E-state index contributed by atoms with van der Waals surface area (Å²) in [4.78, 5) is 41.6. The summed E-state index contributed by atoms with van der Waals surface area (Å²) in [6, 6.07) is 16.3. The van der Waals surface area contributed by atoms with Gasteiger partial charge in [-0.05, 0) is 54.8 Å². The van der Waals surface area contributed by atoms with Crippen molar-refractivity contribution in [3.8, 4) is 11.3 Å². The van der Waals surface area contributed by atoms with Crippen LogP contribution < -0.4 is 15.2 Å². The fraction of sp³-hybridized carbons (Fsp3) is 0.273. The monoisotopic (exact) mass is 629 g/mol. The summed E-state index contributed by atoms with van der Waals surface area (Å²) >= 11 is 0. The molecule has 12 heteroatoms. The van der Waals surface area contributed by atoms with Gasteiger partial charge < -0.3 is 14.6 Å². The summed E-state index contributed by atoms with van der Waals surface area (Å²) in [6.07, 6.45) is 3.01. The highest BCUT2D eigenvalue weighted by Crippen LogP contribution is 2.42. The Morgan fingerprint density at radius 1 is 1.09 bits per heavy atom. The summed E-state index contributed by atoms with van der Waals surface area (Å²) in [6.45, 7) is 0.851. The quantitative estimate of drug-likeness (QED) is 0.294. The molecule has 0 saturated carbocycles. The third kappa shape index (κ3) is 5.39. The topological polar surface area (TPSA) is 118 Å². The number of benzene rings is 3. The summed E-state index contributed by atoms with van der Waals surface area (Å²) in [5.74, 6) is -0.943. The molecule has 0 radical (unpaired) electrons. The molecule has 2 atom stereocenters. The Morgan fingerprint density at radius 2 is 1.80 bits per heavy atom. The van der Waals surface area contributed by atoms with Crippen LogP contribution in [0.5, 0.6) is 0 Å². The van der Waals surface area contributed by atoms with E-state index in [0.29, 0.717) is 63.8 Å². The van der Waals surface area contributed by atoms with Gasteiger partial charge >= 0.3 is 0 Å². The number of carbonyl (C=O) groups excluding carboxylic acids is 2. The number of rotatable bonds is 6. The number of anilines is 1. The van der Waals surface area contributed by atoms with E-state index in [1.165, 1.54) is 30.9 Å². The first-order chi connectivity index (χ1) is 21.6. The standard InChI is InChI=1S/C33H32FN5O5S/c1-35-31(40)28-25-16-24(26(38(3)45(4)43)17-27(25)44-30(28)19-11-13-21(34)14-12-19)20-8-7-15-39(18-20)33(42)29-22-9-5-6-10-23(22)32(41)37(2)36-29/h5-6,9-14,16-17,20H,7-8,15,18H2,1-4H3,(H,35,40)/t20-,45?/m0/s1. The van der Waals surface area contributed by atoms with Crippen molar-refractivity contribution in [3.63, 3.8) is 0 Å². The summed E-state index contributed by atoms with van der Waals surface area (Å²) in [5.41, 5.74) is 2.64. The lowest BCUT2D eigenvalue weighted by molar-refractivity contribution is 0.0701. The molecule has 5 aromatic rings. The van der Waals surface area contributed by atoms with Crippen LogP contribution in [0.25, 0.3) is 33.1 Å². The molecule has 10 nitrogen and oxygen atoms in total. The van der Waals surface area contributed by atoms with Crippen LogP contribution in [0.15, 0.2) is 69.9 Å². The van der Waals surface area contributed by atoms with E-state index in [9.17, 15) is 23.0 Å². The first-order valence-corrected chi connectivity index (χ1v) is 16.0. The van der Waals surface area contributed by atoms with Crippen LogP contribution in [-0.4, -0.2) is 64.1 Å². The fourth-order valence-corrected chi connectivity index (χ4v) is 6.50. The lowest BCUT2D eigenvalue weighted by Crippen LogP contribution is -2.40. The fourth-order valence-electron chi connectivity index (χ4n) is 6.06. The second-order valence-electron chi connectivity index (χ2n) is 11.1. The molecule has 2 amide bonds. The number of nitrogens with one attached hydrogen (secondary N) is 1. The van der Waals surface area contributed by atoms with E-state index < -0.39 is 16.8 Å². The highest BCUT2D eigenvalue weighted by Gasteiger charge is 2.32. The van der Waals surface area contributed by atoms with Crippen molar-refractivity contribution in [2.24, 2.45) is 7.05 Å². The lowest BCUT2D eigenvalue weighted by Gasteiger charge is -2.34. The lowest BCUT2D eigenvalue weighted by atomic mass is 9.87. The highest BCUT2D eigenvalue weighted by molar-refractivity contribution is 7.85. The van der Waals surface area contributed by atoms with Gasteiger partial charge in [-0.2, -0.15) is 5.10 Å². The number of furan rings is 1. The number of halogens is 1. The summed E-state index contributed by atoms with van der Waals surface area (Å²) in [5, 5.41) is 8.50. The van der Waals surface area contributed by atoms with Crippen LogP contribution in [0.2, 0.25) is 0 Å². The minimum atomic E-state index is -1.39. The number of hydrogen-bond donors (Lipinski definition) is 1. The van der Waals surface area contributed by atoms with E-state index in [4.69, 9.17) is 4.42 Å². The molecule has 3 heterocycles. The number of hydrogen-bond acceptors (Lipinski definition) is 6. The Labute approximate surface area is 261 Å². The SMILES string of the molecule is CNC(=O)c1c(-c2ccc(F)cc2)oc2cc(N(C)S(C)=O)c([C@H]3CCCN(C(=O)c4nn(C)c(=O)c5ccccc45)C3)cc12. The highest BCUT2D eigenvalue weighted by atomic mass is 32.2. The molecule has 45 heavy (non-hydrogen) atoms. The van der Waals surface area contributed by atoms with E-state index in [1.807, 2.05) is 6.07 Å². The van der Waals surface area contributed by atoms with E-state index >= 15 is 0 Å². The second kappa shape index (κ2) is 11.9. The predicted octanol–water partition coefficient (Wildman–Crippen LogP) is 4.59. The Hall–Kier alpha value is -4.84. The average molecular weight is 630 g/mol. The number of amides is 2. The zero-order valence-corrected chi connectivity index (χ0v) is 26.1. The van der Waals surface area contributed by atoms with Gasteiger partial charge in [-0.3, -0.25) is 18.7 Å². The molecule has 6 rings (SSSR count). The molecule has 0 bridgehead atoms. The van der Waals surface area contributed by atoms with Crippen LogP contribution in [-0.2, 0) is 18.0 Å². The van der Waals surface area contributed by atoms with E-state index in [2.05, 4.69) is 10.4 Å². The predicted molar refractivity (Wildman–Crippen MR) is 172 cm³/mol. The van der Waals surface area contributed by atoms with Crippen molar-refractivity contribution < 1.29 is 22.6 Å². The maximum Gasteiger partial charge on any atom is 0.274 e. The maximum absolute atomic E-state index is 14.0. The number of likely N-dealkylation sites (tertiary alicyclic amines) is 1. The van der Waals surface area contributed by atoms with Gasteiger partial charge in [0.2, 0.25) is 0 Å². The van der Waals surface area contributed by atoms with Gasteiger partial charge in [0.15, 0.2) is 5.69 Å². The van der Waals surface area contributed by atoms with Crippen LogP contribution in [0, 0.1) is 5.82 Å². The molecule has 1 unspecified atom stereocenters. The third-order valence-corrected chi connectivity index (χ3v) is 9.40. The zero-order chi connectivity index (χ0) is 32.0. The number of carbonyl (C=O) groups is 2. The van der Waals surface area contributed by atoms with Gasteiger partial charge in [0.1, 0.15) is 28.1 Å². The molecule has 1 aliphatic heterocycles. The molecule has 1 aliphatic rings. The molecule has 0 aliphatic carbocycles. The smallest absolute Gasteiger partial charge is 0.274 e. The van der Waals surface area contributed by atoms with Crippen molar-refractivity contribution in [3.05, 3.63) is 93.7 Å². The first kappa shape index (κ1) is 30.2. The third-order valence-electron chi connectivity index (χ3n) is 8.43. The Balaban J connectivity index is 1.46. The van der Waals surface area contributed by atoms with E-state index in [-0.39, 0.29) is 29.0 Å². The van der Waals surface area contributed by atoms with Gasteiger partial charge in [0, 0.05) is 68.8 Å². The number of aryl methyl sites for hydroxylation is 1. The number of nitrogens with zero attached hydrogens (tertiary/aromatic N) is 4. The Morgan fingerprint density at radius 3 is 2.49 bits per heavy atom. The molecule has 1 saturated heterocycles. The van der Waals surface area contributed by atoms with Crippen molar-refractivity contribution in [2.75, 3.05) is 37.7 Å². The van der Waals surface area contributed by atoms with E-state index in [0.717, 1.165) is 12.0 Å². The molecular weight excluding hydrogens is 597 g/mol. The van der Waals surface area contributed by atoms with Crippen molar-refractivity contribution in [2.45, 2.75) is 18.8 Å². The van der Waals surface area contributed by atoms with Gasteiger partial charge in [-0.15, -0.1) is 0 Å².